The zero-order valence-corrected chi connectivity index (χ0v) is 13.5. The van der Waals surface area contributed by atoms with E-state index in [1.807, 2.05) is 0 Å². The minimum Gasteiger partial charge on any atom is -0.340 e. The van der Waals surface area contributed by atoms with Crippen molar-refractivity contribution in [2.45, 2.75) is 82.8 Å². The van der Waals surface area contributed by atoms with Gasteiger partial charge < -0.3 is 10.2 Å². The molecule has 3 heterocycles. The average Bonchev–Trinajstić information content (AvgIpc) is 2.78. The quantitative estimate of drug-likeness (QED) is 0.868. The molecule has 0 aliphatic carbocycles. The summed E-state index contributed by atoms with van der Waals surface area (Å²) in [5.41, 5.74) is 0. The van der Waals surface area contributed by atoms with E-state index in [9.17, 15) is 4.79 Å². The van der Waals surface area contributed by atoms with E-state index in [-0.39, 0.29) is 12.4 Å². The Hall–Kier alpha value is -0.280. The molecule has 3 fully saturated rings. The van der Waals surface area contributed by atoms with Crippen molar-refractivity contribution in [3.63, 3.8) is 0 Å². The van der Waals surface area contributed by atoms with E-state index in [1.54, 1.807) is 0 Å². The lowest BCUT2D eigenvalue weighted by Gasteiger charge is -2.37. The number of fused-ring (bicyclic) bond motifs is 2. The van der Waals surface area contributed by atoms with E-state index >= 15 is 0 Å². The minimum absolute atomic E-state index is 0. The molecule has 3 nitrogen and oxygen atoms in total. The molecule has 0 aromatic heterocycles. The van der Waals surface area contributed by atoms with Crippen LogP contribution in [0.2, 0.25) is 0 Å². The second-order valence-electron chi connectivity index (χ2n) is 6.82. The summed E-state index contributed by atoms with van der Waals surface area (Å²) in [5.74, 6) is 1.09. The second-order valence-corrected chi connectivity index (χ2v) is 6.82. The molecule has 0 saturated carbocycles. The van der Waals surface area contributed by atoms with Crippen LogP contribution in [0.3, 0.4) is 0 Å². The fourth-order valence-electron chi connectivity index (χ4n) is 4.46. The summed E-state index contributed by atoms with van der Waals surface area (Å²) in [6, 6.07) is 1.94. The second kappa shape index (κ2) is 7.13. The highest BCUT2D eigenvalue weighted by Crippen LogP contribution is 2.33. The Kier molecular flexibility index (Phi) is 5.74. The van der Waals surface area contributed by atoms with E-state index < -0.39 is 0 Å². The molecule has 1 amide bonds. The first-order valence-electron chi connectivity index (χ1n) is 8.31. The van der Waals surface area contributed by atoms with Crippen molar-refractivity contribution in [3.05, 3.63) is 0 Å². The highest BCUT2D eigenvalue weighted by molar-refractivity contribution is 5.85. The molecule has 0 aromatic rings. The number of hydrogen-bond donors (Lipinski definition) is 1. The van der Waals surface area contributed by atoms with Crippen molar-refractivity contribution < 1.29 is 4.79 Å². The van der Waals surface area contributed by atoms with Crippen molar-refractivity contribution in [3.8, 4) is 0 Å². The zero-order chi connectivity index (χ0) is 13.2. The van der Waals surface area contributed by atoms with E-state index in [2.05, 4.69) is 17.1 Å². The van der Waals surface area contributed by atoms with Gasteiger partial charge in [-0.25, -0.2) is 0 Å². The lowest BCUT2D eigenvalue weighted by Crippen LogP contribution is -2.45. The first-order chi connectivity index (χ1) is 9.26. The van der Waals surface area contributed by atoms with Gasteiger partial charge in [-0.15, -0.1) is 12.4 Å². The zero-order valence-electron chi connectivity index (χ0n) is 12.6. The SMILES string of the molecule is CCC1CCCCN1C(=O)CC1CC2CCC(C1)N2.Cl. The monoisotopic (exact) mass is 300 g/mol. The molecule has 3 rings (SSSR count). The molecule has 3 atom stereocenters. The predicted octanol–water partition coefficient (Wildman–Crippen LogP) is 3.12. The maximum atomic E-state index is 12.6. The first kappa shape index (κ1) is 16.1. The number of halogens is 1. The molecule has 3 saturated heterocycles. The molecule has 3 aliphatic heterocycles. The van der Waals surface area contributed by atoms with Crippen molar-refractivity contribution >= 4 is 18.3 Å². The maximum absolute atomic E-state index is 12.6. The highest BCUT2D eigenvalue weighted by atomic mass is 35.5. The van der Waals surface area contributed by atoms with Gasteiger partial charge in [0, 0.05) is 31.1 Å². The van der Waals surface area contributed by atoms with Crippen LogP contribution in [0.15, 0.2) is 0 Å². The van der Waals surface area contributed by atoms with Crippen LogP contribution in [0.1, 0.15) is 64.7 Å². The Bertz CT molecular complexity index is 324. The molecule has 0 radical (unpaired) electrons. The summed E-state index contributed by atoms with van der Waals surface area (Å²) in [7, 11) is 0. The number of likely N-dealkylation sites (tertiary alicyclic amines) is 1. The van der Waals surface area contributed by atoms with Crippen molar-refractivity contribution in [2.24, 2.45) is 5.92 Å². The van der Waals surface area contributed by atoms with Gasteiger partial charge >= 0.3 is 0 Å². The lowest BCUT2D eigenvalue weighted by molar-refractivity contribution is -0.136. The van der Waals surface area contributed by atoms with Gasteiger partial charge in [-0.05, 0) is 57.3 Å². The normalized spacial score (nSPS) is 36.5. The number of nitrogens with zero attached hydrogens (tertiary/aromatic N) is 1. The van der Waals surface area contributed by atoms with Gasteiger partial charge in [0.1, 0.15) is 0 Å². The van der Waals surface area contributed by atoms with E-state index in [1.165, 1.54) is 44.9 Å². The van der Waals surface area contributed by atoms with Crippen molar-refractivity contribution in [2.75, 3.05) is 6.54 Å². The molecular formula is C16H29ClN2O. The third-order valence-corrected chi connectivity index (χ3v) is 5.45. The van der Waals surface area contributed by atoms with Gasteiger partial charge in [-0.1, -0.05) is 6.92 Å². The van der Waals surface area contributed by atoms with Crippen LogP contribution in [-0.4, -0.2) is 35.5 Å². The average molecular weight is 301 g/mol. The molecule has 2 bridgehead atoms. The number of carbonyl (C=O) groups excluding carboxylic acids is 1. The number of rotatable bonds is 3. The van der Waals surface area contributed by atoms with Gasteiger partial charge in [0.25, 0.3) is 0 Å². The number of amides is 1. The Balaban J connectivity index is 0.00000147. The number of nitrogens with one attached hydrogen (secondary N) is 1. The fourth-order valence-corrected chi connectivity index (χ4v) is 4.46. The Morgan fingerprint density at radius 1 is 1.15 bits per heavy atom. The topological polar surface area (TPSA) is 32.3 Å². The van der Waals surface area contributed by atoms with E-state index in [0.29, 0.717) is 30.0 Å². The Labute approximate surface area is 129 Å². The number of hydrogen-bond acceptors (Lipinski definition) is 2. The van der Waals surface area contributed by atoms with Crippen LogP contribution in [-0.2, 0) is 4.79 Å². The molecule has 3 aliphatic rings. The molecule has 3 unspecified atom stereocenters. The van der Waals surface area contributed by atoms with Crippen LogP contribution in [0.4, 0.5) is 0 Å². The predicted molar refractivity (Wildman–Crippen MR) is 84.2 cm³/mol. The van der Waals surface area contributed by atoms with Crippen LogP contribution < -0.4 is 5.32 Å². The fraction of sp³-hybridized carbons (Fsp3) is 0.938. The Morgan fingerprint density at radius 2 is 1.85 bits per heavy atom. The largest absolute Gasteiger partial charge is 0.340 e. The minimum atomic E-state index is 0. The van der Waals surface area contributed by atoms with Crippen LogP contribution >= 0.6 is 12.4 Å². The van der Waals surface area contributed by atoms with Gasteiger partial charge in [0.15, 0.2) is 0 Å². The van der Waals surface area contributed by atoms with Crippen LogP contribution in [0, 0.1) is 5.92 Å². The molecule has 20 heavy (non-hydrogen) atoms. The first-order valence-corrected chi connectivity index (χ1v) is 8.31. The smallest absolute Gasteiger partial charge is 0.223 e. The third kappa shape index (κ3) is 3.48. The molecule has 0 spiro atoms. The third-order valence-electron chi connectivity index (χ3n) is 5.45. The summed E-state index contributed by atoms with van der Waals surface area (Å²) >= 11 is 0. The van der Waals surface area contributed by atoms with Gasteiger partial charge in [-0.2, -0.15) is 0 Å². The summed E-state index contributed by atoms with van der Waals surface area (Å²) in [6.07, 6.45) is 10.8. The lowest BCUT2D eigenvalue weighted by atomic mass is 9.88. The molecular weight excluding hydrogens is 272 g/mol. The molecule has 1 N–H and O–H groups in total. The van der Waals surface area contributed by atoms with E-state index in [4.69, 9.17) is 0 Å². The summed E-state index contributed by atoms with van der Waals surface area (Å²) in [6.45, 7) is 3.23. The highest BCUT2D eigenvalue weighted by Gasteiger charge is 2.35. The Morgan fingerprint density at radius 3 is 2.50 bits per heavy atom. The van der Waals surface area contributed by atoms with Crippen molar-refractivity contribution in [1.29, 1.82) is 0 Å². The van der Waals surface area contributed by atoms with Crippen LogP contribution in [0.5, 0.6) is 0 Å². The summed E-state index contributed by atoms with van der Waals surface area (Å²) in [5, 5.41) is 3.67. The van der Waals surface area contributed by atoms with Crippen LogP contribution in [0.25, 0.3) is 0 Å². The molecule has 116 valence electrons. The molecule has 0 aromatic carbocycles. The van der Waals surface area contributed by atoms with E-state index in [0.717, 1.165) is 19.4 Å². The van der Waals surface area contributed by atoms with Gasteiger partial charge in [0.2, 0.25) is 5.91 Å². The summed E-state index contributed by atoms with van der Waals surface area (Å²) < 4.78 is 0. The number of piperidine rings is 2. The molecule has 4 heteroatoms. The van der Waals surface area contributed by atoms with Gasteiger partial charge in [0.05, 0.1) is 0 Å². The van der Waals surface area contributed by atoms with Crippen molar-refractivity contribution in [1.82, 2.24) is 10.2 Å². The standard InChI is InChI=1S/C16H28N2O.ClH/c1-2-15-5-3-4-8-18(15)16(19)11-12-9-13-6-7-14(10-12)17-13;/h12-15,17H,2-11H2,1H3;1H. The van der Waals surface area contributed by atoms with Gasteiger partial charge in [-0.3, -0.25) is 4.79 Å². The number of carbonyl (C=O) groups is 1. The summed E-state index contributed by atoms with van der Waals surface area (Å²) in [4.78, 5) is 14.8. The maximum Gasteiger partial charge on any atom is 0.223 e.